The second-order valence-electron chi connectivity index (χ2n) is 4.84. The molecule has 0 saturated carbocycles. The molecule has 0 radical (unpaired) electrons. The summed E-state index contributed by atoms with van der Waals surface area (Å²) in [7, 11) is 0. The minimum absolute atomic E-state index is 0.169. The molecule has 0 atom stereocenters. The first-order valence-electron chi connectivity index (χ1n) is 6.72. The van der Waals surface area contributed by atoms with E-state index < -0.39 is 0 Å². The summed E-state index contributed by atoms with van der Waals surface area (Å²) in [5.74, 6) is -0.169. The number of aryl methyl sites for hydroxylation is 1. The van der Waals surface area contributed by atoms with E-state index in [4.69, 9.17) is 0 Å². The average Bonchev–Trinajstić information content (AvgIpc) is 2.97. The fourth-order valence-electron chi connectivity index (χ4n) is 2.00. The van der Waals surface area contributed by atoms with E-state index in [9.17, 15) is 4.79 Å². The Labute approximate surface area is 141 Å². The molecule has 3 nitrogen and oxygen atoms in total. The first kappa shape index (κ1) is 14.9. The molecule has 1 amide bonds. The van der Waals surface area contributed by atoms with Crippen LogP contribution in [0.4, 0.5) is 5.13 Å². The smallest absolute Gasteiger partial charge is 0.258 e. The van der Waals surface area contributed by atoms with Crippen molar-refractivity contribution in [2.45, 2.75) is 6.92 Å². The molecular formula is C17H13BrN2OS. The van der Waals surface area contributed by atoms with Gasteiger partial charge in [-0.05, 0) is 35.0 Å². The van der Waals surface area contributed by atoms with Gasteiger partial charge in [0, 0.05) is 15.4 Å². The minimum Gasteiger partial charge on any atom is -0.298 e. The van der Waals surface area contributed by atoms with Crippen LogP contribution >= 0.6 is 27.3 Å². The van der Waals surface area contributed by atoms with Gasteiger partial charge in [0.25, 0.3) is 5.91 Å². The molecule has 5 heteroatoms. The van der Waals surface area contributed by atoms with Crippen molar-refractivity contribution in [2.24, 2.45) is 0 Å². The largest absolute Gasteiger partial charge is 0.298 e. The predicted octanol–water partition coefficient (Wildman–Crippen LogP) is 5.13. The number of thiazole rings is 1. The molecule has 1 heterocycles. The molecule has 1 N–H and O–H groups in total. The summed E-state index contributed by atoms with van der Waals surface area (Å²) in [6, 6.07) is 15.5. The number of anilines is 1. The Morgan fingerprint density at radius 1 is 1.14 bits per heavy atom. The zero-order valence-corrected chi connectivity index (χ0v) is 14.2. The van der Waals surface area contributed by atoms with Crippen molar-refractivity contribution in [2.75, 3.05) is 5.32 Å². The van der Waals surface area contributed by atoms with E-state index in [-0.39, 0.29) is 5.91 Å². The van der Waals surface area contributed by atoms with Gasteiger partial charge < -0.3 is 0 Å². The van der Waals surface area contributed by atoms with Crippen LogP contribution in [0.2, 0.25) is 0 Å². The van der Waals surface area contributed by atoms with Crippen LogP contribution in [0.15, 0.2) is 58.4 Å². The molecule has 1 aromatic heterocycles. The quantitative estimate of drug-likeness (QED) is 0.691. The van der Waals surface area contributed by atoms with E-state index in [0.717, 1.165) is 15.7 Å². The number of amides is 1. The molecule has 0 saturated heterocycles. The lowest BCUT2D eigenvalue weighted by Gasteiger charge is -2.03. The van der Waals surface area contributed by atoms with Gasteiger partial charge in [-0.25, -0.2) is 4.98 Å². The Morgan fingerprint density at radius 3 is 2.59 bits per heavy atom. The number of hydrogen-bond donors (Lipinski definition) is 1. The van der Waals surface area contributed by atoms with E-state index in [1.165, 1.54) is 16.9 Å². The number of carbonyl (C=O) groups is 1. The van der Waals surface area contributed by atoms with Gasteiger partial charge in [-0.2, -0.15) is 0 Å². The molecular weight excluding hydrogens is 360 g/mol. The summed E-state index contributed by atoms with van der Waals surface area (Å²) in [6.45, 7) is 2.05. The fraction of sp³-hybridized carbons (Fsp3) is 0.0588. The van der Waals surface area contributed by atoms with Crippen molar-refractivity contribution in [3.05, 3.63) is 69.5 Å². The van der Waals surface area contributed by atoms with E-state index in [0.29, 0.717) is 10.7 Å². The van der Waals surface area contributed by atoms with Gasteiger partial charge in [0.05, 0.1) is 11.3 Å². The number of benzene rings is 2. The SMILES string of the molecule is Cc1ccc(-c2csc(NC(=O)c3ccccc3Br)n2)cc1. The Hall–Kier alpha value is -1.98. The molecule has 22 heavy (non-hydrogen) atoms. The van der Waals surface area contributed by atoms with Crippen molar-refractivity contribution in [1.82, 2.24) is 4.98 Å². The van der Waals surface area contributed by atoms with Gasteiger partial charge in [-0.1, -0.05) is 42.0 Å². The number of carbonyl (C=O) groups excluding carboxylic acids is 1. The summed E-state index contributed by atoms with van der Waals surface area (Å²) in [5.41, 5.74) is 3.71. The van der Waals surface area contributed by atoms with Gasteiger partial charge in [-0.15, -0.1) is 11.3 Å². The molecule has 3 rings (SSSR count). The second kappa shape index (κ2) is 6.42. The second-order valence-corrected chi connectivity index (χ2v) is 6.55. The predicted molar refractivity (Wildman–Crippen MR) is 94.4 cm³/mol. The standard InChI is InChI=1S/C17H13BrN2OS/c1-11-6-8-12(9-7-11)15-10-22-17(19-15)20-16(21)13-4-2-3-5-14(13)18/h2-10H,1H3,(H,19,20,21). The zero-order valence-electron chi connectivity index (χ0n) is 11.8. The van der Waals surface area contributed by atoms with E-state index in [1.807, 2.05) is 54.8 Å². The topological polar surface area (TPSA) is 42.0 Å². The van der Waals surface area contributed by atoms with Crippen molar-refractivity contribution in [3.63, 3.8) is 0 Å². The monoisotopic (exact) mass is 372 g/mol. The van der Waals surface area contributed by atoms with Gasteiger partial charge in [0.2, 0.25) is 0 Å². The van der Waals surface area contributed by atoms with Gasteiger partial charge in [-0.3, -0.25) is 10.1 Å². The first-order chi connectivity index (χ1) is 10.6. The molecule has 0 fully saturated rings. The van der Waals surface area contributed by atoms with Crippen LogP contribution in [0, 0.1) is 6.92 Å². The summed E-state index contributed by atoms with van der Waals surface area (Å²) >= 11 is 4.80. The van der Waals surface area contributed by atoms with Crippen molar-refractivity contribution in [1.29, 1.82) is 0 Å². The highest BCUT2D eigenvalue weighted by Crippen LogP contribution is 2.26. The Balaban J connectivity index is 1.78. The average molecular weight is 373 g/mol. The maximum Gasteiger partial charge on any atom is 0.258 e. The van der Waals surface area contributed by atoms with Crippen molar-refractivity contribution < 1.29 is 4.79 Å². The van der Waals surface area contributed by atoms with Gasteiger partial charge in [0.1, 0.15) is 0 Å². The highest BCUT2D eigenvalue weighted by molar-refractivity contribution is 9.10. The van der Waals surface area contributed by atoms with Crippen LogP contribution in [0.5, 0.6) is 0 Å². The van der Waals surface area contributed by atoms with Crippen LogP contribution in [-0.4, -0.2) is 10.9 Å². The first-order valence-corrected chi connectivity index (χ1v) is 8.39. The van der Waals surface area contributed by atoms with Crippen molar-refractivity contribution in [3.8, 4) is 11.3 Å². The third-order valence-electron chi connectivity index (χ3n) is 3.19. The van der Waals surface area contributed by atoms with E-state index in [1.54, 1.807) is 6.07 Å². The molecule has 0 aliphatic carbocycles. The lowest BCUT2D eigenvalue weighted by Crippen LogP contribution is -2.12. The minimum atomic E-state index is -0.169. The summed E-state index contributed by atoms with van der Waals surface area (Å²) in [4.78, 5) is 16.7. The Morgan fingerprint density at radius 2 is 1.86 bits per heavy atom. The van der Waals surface area contributed by atoms with Crippen LogP contribution in [-0.2, 0) is 0 Å². The summed E-state index contributed by atoms with van der Waals surface area (Å²) in [6.07, 6.45) is 0. The molecule has 0 spiro atoms. The summed E-state index contributed by atoms with van der Waals surface area (Å²) in [5, 5.41) is 5.38. The Bertz CT molecular complexity index is 812. The Kier molecular flexibility index (Phi) is 4.36. The number of hydrogen-bond acceptors (Lipinski definition) is 3. The van der Waals surface area contributed by atoms with Crippen LogP contribution in [0.1, 0.15) is 15.9 Å². The zero-order chi connectivity index (χ0) is 15.5. The van der Waals surface area contributed by atoms with Crippen LogP contribution < -0.4 is 5.32 Å². The third-order valence-corrected chi connectivity index (χ3v) is 4.64. The molecule has 0 aliphatic heterocycles. The number of aromatic nitrogens is 1. The maximum atomic E-state index is 12.3. The number of nitrogens with one attached hydrogen (secondary N) is 1. The molecule has 3 aromatic rings. The molecule has 0 bridgehead atoms. The fourth-order valence-corrected chi connectivity index (χ4v) is 3.18. The van der Waals surface area contributed by atoms with Crippen LogP contribution in [0.3, 0.4) is 0 Å². The number of halogens is 1. The molecule has 0 aliphatic rings. The van der Waals surface area contributed by atoms with E-state index in [2.05, 4.69) is 26.2 Å². The maximum absolute atomic E-state index is 12.3. The summed E-state index contributed by atoms with van der Waals surface area (Å²) < 4.78 is 0.766. The highest BCUT2D eigenvalue weighted by Gasteiger charge is 2.12. The van der Waals surface area contributed by atoms with Crippen LogP contribution in [0.25, 0.3) is 11.3 Å². The van der Waals surface area contributed by atoms with E-state index >= 15 is 0 Å². The lowest BCUT2D eigenvalue weighted by atomic mass is 10.1. The number of nitrogens with zero attached hydrogens (tertiary/aromatic N) is 1. The molecule has 2 aromatic carbocycles. The third kappa shape index (κ3) is 3.26. The molecule has 110 valence electrons. The van der Waals surface area contributed by atoms with Gasteiger partial charge >= 0.3 is 0 Å². The lowest BCUT2D eigenvalue weighted by molar-refractivity contribution is 0.102. The normalized spacial score (nSPS) is 10.5. The van der Waals surface area contributed by atoms with Crippen molar-refractivity contribution >= 4 is 38.3 Å². The number of rotatable bonds is 3. The van der Waals surface area contributed by atoms with Gasteiger partial charge in [0.15, 0.2) is 5.13 Å². The highest BCUT2D eigenvalue weighted by atomic mass is 79.9. The molecule has 0 unspecified atom stereocenters.